The van der Waals surface area contributed by atoms with Gasteiger partial charge in [-0.2, -0.15) is 0 Å². The fourth-order valence-electron chi connectivity index (χ4n) is 7.36. The van der Waals surface area contributed by atoms with Gasteiger partial charge in [-0.05, 0) is 74.1 Å². The summed E-state index contributed by atoms with van der Waals surface area (Å²) in [6.45, 7) is 0. The summed E-state index contributed by atoms with van der Waals surface area (Å²) < 4.78 is 2.09. The van der Waals surface area contributed by atoms with Crippen LogP contribution >= 0.6 is 0 Å². The van der Waals surface area contributed by atoms with Crippen molar-refractivity contribution < 1.29 is 0 Å². The maximum absolute atomic E-state index is 5.31. The average molecular weight is 624 g/mol. The van der Waals surface area contributed by atoms with Crippen molar-refractivity contribution in [3.8, 4) is 44.8 Å². The van der Waals surface area contributed by atoms with Crippen LogP contribution in [0, 0.1) is 0 Å². The number of nitrogens with zero attached hydrogens (tertiary/aromatic N) is 3. The van der Waals surface area contributed by atoms with Crippen LogP contribution in [-0.4, -0.2) is 14.4 Å². The van der Waals surface area contributed by atoms with Crippen LogP contribution < -0.4 is 0 Å². The molecule has 0 bridgehead atoms. The molecule has 0 unspecified atom stereocenters. The van der Waals surface area contributed by atoms with Crippen molar-refractivity contribution in [2.75, 3.05) is 0 Å². The zero-order valence-corrected chi connectivity index (χ0v) is 26.6. The highest BCUT2D eigenvalue weighted by Gasteiger charge is 2.17. The van der Waals surface area contributed by atoms with Gasteiger partial charge in [-0.25, -0.2) is 9.97 Å². The van der Waals surface area contributed by atoms with Gasteiger partial charge in [0.05, 0.1) is 16.9 Å². The maximum atomic E-state index is 5.31. The molecule has 10 aromatic rings. The van der Waals surface area contributed by atoms with Crippen LogP contribution in [0.5, 0.6) is 0 Å². The Morgan fingerprint density at radius 3 is 1.96 bits per heavy atom. The number of benzene rings is 7. The molecule has 0 aliphatic heterocycles. The first-order chi connectivity index (χ1) is 24.3. The van der Waals surface area contributed by atoms with E-state index in [-0.39, 0.29) is 0 Å². The summed E-state index contributed by atoms with van der Waals surface area (Å²) in [6.07, 6.45) is 4.19. The van der Waals surface area contributed by atoms with Crippen LogP contribution in [0.25, 0.3) is 93.6 Å². The van der Waals surface area contributed by atoms with E-state index in [2.05, 4.69) is 162 Å². The van der Waals surface area contributed by atoms with Crippen molar-refractivity contribution in [1.82, 2.24) is 14.4 Å². The van der Waals surface area contributed by atoms with E-state index in [0.29, 0.717) is 0 Å². The summed E-state index contributed by atoms with van der Waals surface area (Å²) >= 11 is 0. The summed E-state index contributed by atoms with van der Waals surface area (Å²) in [5, 5.41) is 8.48. The molecule has 0 fully saturated rings. The number of imidazole rings is 1. The van der Waals surface area contributed by atoms with Crippen LogP contribution in [0.15, 0.2) is 176 Å². The Bertz CT molecular complexity index is 2870. The van der Waals surface area contributed by atoms with Gasteiger partial charge in [0, 0.05) is 39.7 Å². The molecule has 0 saturated heterocycles. The first kappa shape index (κ1) is 27.5. The van der Waals surface area contributed by atoms with Crippen LogP contribution in [0.3, 0.4) is 0 Å². The Morgan fingerprint density at radius 1 is 0.408 bits per heavy atom. The molecule has 0 radical (unpaired) electrons. The van der Waals surface area contributed by atoms with Gasteiger partial charge in [0.25, 0.3) is 0 Å². The van der Waals surface area contributed by atoms with E-state index in [4.69, 9.17) is 9.97 Å². The van der Waals surface area contributed by atoms with Crippen molar-refractivity contribution in [3.05, 3.63) is 176 Å². The largest absolute Gasteiger partial charge is 0.306 e. The number of hydrogen-bond acceptors (Lipinski definition) is 2. The van der Waals surface area contributed by atoms with Crippen molar-refractivity contribution >= 4 is 48.9 Å². The molecule has 0 spiro atoms. The lowest BCUT2D eigenvalue weighted by molar-refractivity contribution is 1.19. The number of pyridine rings is 2. The van der Waals surface area contributed by atoms with E-state index in [1.165, 1.54) is 43.4 Å². The summed E-state index contributed by atoms with van der Waals surface area (Å²) in [5.41, 5.74) is 10.8. The normalized spacial score (nSPS) is 11.7. The molecule has 228 valence electrons. The lowest BCUT2D eigenvalue weighted by Crippen LogP contribution is -1.93. The van der Waals surface area contributed by atoms with E-state index in [0.717, 1.165) is 50.2 Å². The van der Waals surface area contributed by atoms with Crippen LogP contribution in [-0.2, 0) is 0 Å². The van der Waals surface area contributed by atoms with Crippen LogP contribution in [0.1, 0.15) is 0 Å². The van der Waals surface area contributed by atoms with E-state index >= 15 is 0 Å². The van der Waals surface area contributed by atoms with Crippen molar-refractivity contribution in [1.29, 1.82) is 0 Å². The van der Waals surface area contributed by atoms with E-state index < -0.39 is 0 Å². The molecule has 0 atom stereocenters. The quantitative estimate of drug-likeness (QED) is 0.183. The molecule has 0 aliphatic rings. The first-order valence-corrected chi connectivity index (χ1v) is 16.7. The van der Waals surface area contributed by atoms with Gasteiger partial charge in [-0.1, -0.05) is 133 Å². The smallest absolute Gasteiger partial charge is 0.138 e. The Labute approximate surface area is 283 Å². The molecule has 7 aromatic carbocycles. The number of aromatic nitrogens is 3. The predicted molar refractivity (Wildman–Crippen MR) is 205 cm³/mol. The molecule has 10 rings (SSSR count). The Kier molecular flexibility index (Phi) is 6.18. The third-order valence-corrected chi connectivity index (χ3v) is 9.79. The van der Waals surface area contributed by atoms with Gasteiger partial charge in [0.1, 0.15) is 5.65 Å². The lowest BCUT2D eigenvalue weighted by atomic mass is 9.89. The SMILES string of the molecule is c1ccc(-c2cn3ccc(-c4ccc(-c5cc6c(-c7ccc8ccccc8c7)nc7ccccc7c6c6ccccc56)cc4)cc3n2)cc1. The van der Waals surface area contributed by atoms with Gasteiger partial charge in [-0.15, -0.1) is 0 Å². The number of para-hydroxylation sites is 1. The number of hydrogen-bond donors (Lipinski definition) is 0. The highest BCUT2D eigenvalue weighted by molar-refractivity contribution is 6.25. The molecule has 3 heteroatoms. The maximum Gasteiger partial charge on any atom is 0.138 e. The third-order valence-electron chi connectivity index (χ3n) is 9.79. The Balaban J connectivity index is 1.14. The molecular weight excluding hydrogens is 595 g/mol. The first-order valence-electron chi connectivity index (χ1n) is 16.7. The van der Waals surface area contributed by atoms with Gasteiger partial charge < -0.3 is 4.40 Å². The summed E-state index contributed by atoms with van der Waals surface area (Å²) in [4.78, 5) is 10.2. The standard InChI is InChI=1S/C46H29N3/c1-2-11-33(12-3-1)43-29-49-25-24-35(27-44(49)47-43)31-18-21-32(22-19-31)40-28-41-45(38-15-7-6-14-37(38)40)39-16-8-9-17-42(39)48-46(41)36-23-20-30-10-4-5-13-34(30)26-36/h1-29H. The highest BCUT2D eigenvalue weighted by atomic mass is 15.0. The second-order valence-corrected chi connectivity index (χ2v) is 12.7. The average Bonchev–Trinajstić information content (AvgIpc) is 3.61. The molecule has 3 heterocycles. The topological polar surface area (TPSA) is 30.2 Å². The zero-order valence-electron chi connectivity index (χ0n) is 26.6. The highest BCUT2D eigenvalue weighted by Crippen LogP contribution is 2.42. The predicted octanol–water partition coefficient (Wildman–Crippen LogP) is 12.0. The zero-order chi connectivity index (χ0) is 32.3. The monoisotopic (exact) mass is 623 g/mol. The Hall–Kier alpha value is -6.58. The number of fused-ring (bicyclic) bond motifs is 7. The minimum Gasteiger partial charge on any atom is -0.306 e. The minimum absolute atomic E-state index is 0.932. The van der Waals surface area contributed by atoms with Crippen LogP contribution in [0.4, 0.5) is 0 Å². The van der Waals surface area contributed by atoms with Crippen molar-refractivity contribution in [2.24, 2.45) is 0 Å². The number of rotatable bonds is 4. The van der Waals surface area contributed by atoms with Gasteiger partial charge in [0.15, 0.2) is 0 Å². The molecule has 0 aliphatic carbocycles. The Morgan fingerprint density at radius 2 is 1.10 bits per heavy atom. The van der Waals surface area contributed by atoms with Gasteiger partial charge >= 0.3 is 0 Å². The summed E-state index contributed by atoms with van der Waals surface area (Å²) in [6, 6.07) is 58.5. The fourth-order valence-corrected chi connectivity index (χ4v) is 7.36. The minimum atomic E-state index is 0.932. The van der Waals surface area contributed by atoms with E-state index in [9.17, 15) is 0 Å². The van der Waals surface area contributed by atoms with Crippen molar-refractivity contribution in [3.63, 3.8) is 0 Å². The summed E-state index contributed by atoms with van der Waals surface area (Å²) in [5.74, 6) is 0. The third kappa shape index (κ3) is 4.59. The van der Waals surface area contributed by atoms with Gasteiger partial charge in [-0.3, -0.25) is 0 Å². The molecule has 3 nitrogen and oxygen atoms in total. The second kappa shape index (κ2) is 11.0. The lowest BCUT2D eigenvalue weighted by Gasteiger charge is -2.16. The van der Waals surface area contributed by atoms with E-state index in [1.54, 1.807) is 0 Å². The van der Waals surface area contributed by atoms with Gasteiger partial charge in [0.2, 0.25) is 0 Å². The second-order valence-electron chi connectivity index (χ2n) is 12.7. The van der Waals surface area contributed by atoms with E-state index in [1.807, 2.05) is 18.2 Å². The molecule has 0 saturated carbocycles. The molecular formula is C46H29N3. The molecule has 3 aromatic heterocycles. The molecule has 49 heavy (non-hydrogen) atoms. The van der Waals surface area contributed by atoms with Crippen molar-refractivity contribution in [2.45, 2.75) is 0 Å². The van der Waals surface area contributed by atoms with Crippen LogP contribution in [0.2, 0.25) is 0 Å². The summed E-state index contributed by atoms with van der Waals surface area (Å²) in [7, 11) is 0. The molecule has 0 N–H and O–H groups in total. The molecule has 0 amide bonds. The fraction of sp³-hybridized carbons (Fsp3) is 0.